The third-order valence-electron chi connectivity index (χ3n) is 4.11. The fraction of sp³-hybridized carbons (Fsp3) is 0.667. The van der Waals surface area contributed by atoms with Crippen LogP contribution < -0.4 is 15.5 Å². The molecule has 2 rings (SSSR count). The number of ether oxygens (including phenoxy) is 2. The summed E-state index contributed by atoms with van der Waals surface area (Å²) in [5.74, 6) is 1.88. The molecule has 8 heteroatoms. The summed E-state index contributed by atoms with van der Waals surface area (Å²) < 4.78 is 10.4. The van der Waals surface area contributed by atoms with Gasteiger partial charge in [-0.05, 0) is 37.0 Å². The Kier molecular flexibility index (Phi) is 12.3. The first-order chi connectivity index (χ1) is 12.3. The van der Waals surface area contributed by atoms with Crippen molar-refractivity contribution in [1.82, 2.24) is 15.6 Å². The first-order valence-electron chi connectivity index (χ1n) is 9.04. The maximum Gasteiger partial charge on any atom is 0.191 e. The summed E-state index contributed by atoms with van der Waals surface area (Å²) in [4.78, 5) is 11.1. The minimum atomic E-state index is 0. The Hall–Kier alpha value is -1.13. The number of aliphatic imine (C=N–C) groups is 1. The number of pyridine rings is 1. The number of halogens is 1. The minimum absolute atomic E-state index is 0. The number of methoxy groups -OCH3 is 1. The maximum atomic E-state index is 5.44. The van der Waals surface area contributed by atoms with Crippen molar-refractivity contribution in [1.29, 1.82) is 0 Å². The molecule has 26 heavy (non-hydrogen) atoms. The topological polar surface area (TPSA) is 71.0 Å². The van der Waals surface area contributed by atoms with Crippen LogP contribution in [0.15, 0.2) is 23.3 Å². The Labute approximate surface area is 174 Å². The molecule has 0 radical (unpaired) electrons. The molecule has 148 valence electrons. The van der Waals surface area contributed by atoms with Crippen LogP contribution in [-0.4, -0.2) is 64.6 Å². The van der Waals surface area contributed by atoms with Crippen molar-refractivity contribution in [3.05, 3.63) is 23.9 Å². The maximum absolute atomic E-state index is 5.44. The van der Waals surface area contributed by atoms with Gasteiger partial charge in [-0.3, -0.25) is 4.99 Å². The van der Waals surface area contributed by atoms with Crippen molar-refractivity contribution in [2.24, 2.45) is 4.99 Å². The molecule has 0 spiro atoms. The normalized spacial score (nSPS) is 14.2. The van der Waals surface area contributed by atoms with Gasteiger partial charge in [0, 0.05) is 53.1 Å². The van der Waals surface area contributed by atoms with E-state index in [0.717, 1.165) is 51.0 Å². The van der Waals surface area contributed by atoms with Crippen molar-refractivity contribution >= 4 is 35.8 Å². The third kappa shape index (κ3) is 8.50. The quantitative estimate of drug-likeness (QED) is 0.233. The molecule has 2 N–H and O–H groups in total. The Morgan fingerprint density at radius 2 is 2.04 bits per heavy atom. The van der Waals surface area contributed by atoms with Gasteiger partial charge in [0.25, 0.3) is 0 Å². The van der Waals surface area contributed by atoms with Gasteiger partial charge < -0.3 is 25.0 Å². The van der Waals surface area contributed by atoms with E-state index in [0.29, 0.717) is 13.2 Å². The van der Waals surface area contributed by atoms with Crippen molar-refractivity contribution < 1.29 is 9.47 Å². The van der Waals surface area contributed by atoms with Crippen LogP contribution in [0, 0.1) is 0 Å². The van der Waals surface area contributed by atoms with Gasteiger partial charge in [-0.1, -0.05) is 0 Å². The molecule has 0 amide bonds. The molecule has 0 unspecified atom stereocenters. The summed E-state index contributed by atoms with van der Waals surface area (Å²) in [5.41, 5.74) is 1.21. The van der Waals surface area contributed by atoms with Crippen LogP contribution in [0.4, 0.5) is 5.82 Å². The highest BCUT2D eigenvalue weighted by Crippen LogP contribution is 2.18. The summed E-state index contributed by atoms with van der Waals surface area (Å²) >= 11 is 0. The van der Waals surface area contributed by atoms with E-state index in [4.69, 9.17) is 9.47 Å². The Morgan fingerprint density at radius 1 is 1.23 bits per heavy atom. The summed E-state index contributed by atoms with van der Waals surface area (Å²) in [6, 6.07) is 4.21. The lowest BCUT2D eigenvalue weighted by molar-refractivity contribution is 0.0698. The number of hydrogen-bond acceptors (Lipinski definition) is 5. The molecule has 1 saturated heterocycles. The van der Waals surface area contributed by atoms with E-state index in [1.807, 2.05) is 12.3 Å². The molecular weight excluding hydrogens is 445 g/mol. The number of nitrogens with one attached hydrogen (secondary N) is 2. The van der Waals surface area contributed by atoms with Crippen LogP contribution in [0.25, 0.3) is 0 Å². The van der Waals surface area contributed by atoms with E-state index >= 15 is 0 Å². The van der Waals surface area contributed by atoms with Gasteiger partial charge >= 0.3 is 0 Å². The van der Waals surface area contributed by atoms with E-state index in [9.17, 15) is 0 Å². The van der Waals surface area contributed by atoms with Gasteiger partial charge in [-0.15, -0.1) is 24.0 Å². The highest BCUT2D eigenvalue weighted by atomic mass is 127. The van der Waals surface area contributed by atoms with Gasteiger partial charge in [-0.2, -0.15) is 0 Å². The largest absolute Gasteiger partial charge is 0.382 e. The average molecular weight is 477 g/mol. The number of aromatic nitrogens is 1. The minimum Gasteiger partial charge on any atom is -0.382 e. The third-order valence-corrected chi connectivity index (χ3v) is 4.11. The zero-order chi connectivity index (χ0) is 17.7. The SMILES string of the molecule is CN=C(NCCCOCCOC)NCc1ccnc(N2CCCC2)c1.I. The lowest BCUT2D eigenvalue weighted by atomic mass is 10.2. The van der Waals surface area contributed by atoms with Crippen LogP contribution in [0.1, 0.15) is 24.8 Å². The molecule has 0 bridgehead atoms. The molecule has 7 nitrogen and oxygen atoms in total. The molecule has 0 atom stereocenters. The fourth-order valence-electron chi connectivity index (χ4n) is 2.72. The number of guanidine groups is 1. The number of rotatable bonds is 10. The molecule has 0 saturated carbocycles. The highest BCUT2D eigenvalue weighted by Gasteiger charge is 2.13. The van der Waals surface area contributed by atoms with E-state index in [-0.39, 0.29) is 24.0 Å². The van der Waals surface area contributed by atoms with Gasteiger partial charge in [0.05, 0.1) is 13.2 Å². The van der Waals surface area contributed by atoms with Crippen LogP contribution in [0.3, 0.4) is 0 Å². The van der Waals surface area contributed by atoms with E-state index in [1.165, 1.54) is 18.4 Å². The molecule has 1 aliphatic heterocycles. The number of hydrogen-bond donors (Lipinski definition) is 2. The standard InChI is InChI=1S/C18H31N5O2.HI/c1-19-18(21-7-5-11-25-13-12-24-2)22-15-16-6-8-20-17(14-16)23-9-3-4-10-23;/h6,8,14H,3-5,7,9-13,15H2,1-2H3,(H2,19,21,22);1H. The van der Waals surface area contributed by atoms with E-state index in [2.05, 4.69) is 31.6 Å². The van der Waals surface area contributed by atoms with E-state index < -0.39 is 0 Å². The summed E-state index contributed by atoms with van der Waals surface area (Å²) in [5, 5.41) is 6.65. The molecule has 1 aromatic rings. The van der Waals surface area contributed by atoms with Crippen molar-refractivity contribution in [3.8, 4) is 0 Å². The Bertz CT molecular complexity index is 524. The predicted octanol–water partition coefficient (Wildman–Crippen LogP) is 2.02. The van der Waals surface area contributed by atoms with Gasteiger partial charge in [-0.25, -0.2) is 4.98 Å². The van der Waals surface area contributed by atoms with Crippen molar-refractivity contribution in [2.45, 2.75) is 25.8 Å². The highest BCUT2D eigenvalue weighted by molar-refractivity contribution is 14.0. The molecule has 0 aromatic carbocycles. The van der Waals surface area contributed by atoms with Crippen LogP contribution in [0.5, 0.6) is 0 Å². The second-order valence-corrected chi connectivity index (χ2v) is 6.03. The van der Waals surface area contributed by atoms with E-state index in [1.54, 1.807) is 14.2 Å². The molecule has 1 aromatic heterocycles. The van der Waals surface area contributed by atoms with Crippen LogP contribution >= 0.6 is 24.0 Å². The number of nitrogens with zero attached hydrogens (tertiary/aromatic N) is 3. The summed E-state index contributed by atoms with van der Waals surface area (Å²) in [7, 11) is 3.46. The smallest absolute Gasteiger partial charge is 0.191 e. The average Bonchev–Trinajstić information content (AvgIpc) is 3.18. The summed E-state index contributed by atoms with van der Waals surface area (Å²) in [6.45, 7) is 5.78. The zero-order valence-corrected chi connectivity index (χ0v) is 18.2. The first-order valence-corrected chi connectivity index (χ1v) is 9.04. The molecule has 2 heterocycles. The van der Waals surface area contributed by atoms with Crippen LogP contribution in [-0.2, 0) is 16.0 Å². The molecule has 1 aliphatic rings. The second-order valence-electron chi connectivity index (χ2n) is 6.03. The van der Waals surface area contributed by atoms with Gasteiger partial charge in [0.15, 0.2) is 5.96 Å². The predicted molar refractivity (Wildman–Crippen MR) is 117 cm³/mol. The zero-order valence-electron chi connectivity index (χ0n) is 15.9. The fourth-order valence-corrected chi connectivity index (χ4v) is 2.72. The molecular formula is C18H32IN5O2. The summed E-state index contributed by atoms with van der Waals surface area (Å²) in [6.07, 6.45) is 5.34. The second kappa shape index (κ2) is 14.0. The van der Waals surface area contributed by atoms with Gasteiger partial charge in [0.1, 0.15) is 5.82 Å². The van der Waals surface area contributed by atoms with Crippen molar-refractivity contribution in [2.75, 3.05) is 58.5 Å². The van der Waals surface area contributed by atoms with Gasteiger partial charge in [0.2, 0.25) is 0 Å². The molecule has 1 fully saturated rings. The monoisotopic (exact) mass is 477 g/mol. The first kappa shape index (κ1) is 22.9. The Balaban J connectivity index is 0.00000338. The molecule has 0 aliphatic carbocycles. The van der Waals surface area contributed by atoms with Crippen LogP contribution in [0.2, 0.25) is 0 Å². The lowest BCUT2D eigenvalue weighted by Gasteiger charge is -2.17. The van der Waals surface area contributed by atoms with Crippen molar-refractivity contribution in [3.63, 3.8) is 0 Å². The lowest BCUT2D eigenvalue weighted by Crippen LogP contribution is -2.37. The number of anilines is 1. The Morgan fingerprint density at radius 3 is 2.77 bits per heavy atom.